The second-order valence-electron chi connectivity index (χ2n) is 5.54. The number of aromatic nitrogens is 2. The molecule has 0 bridgehead atoms. The largest absolute Gasteiger partial charge is 0.374 e. The van der Waals surface area contributed by atoms with E-state index in [2.05, 4.69) is 20.4 Å². The molecule has 1 saturated carbocycles. The summed E-state index contributed by atoms with van der Waals surface area (Å²) < 4.78 is 5.81. The lowest BCUT2D eigenvalue weighted by atomic mass is 9.85. The van der Waals surface area contributed by atoms with Gasteiger partial charge in [-0.1, -0.05) is 6.42 Å². The lowest BCUT2D eigenvalue weighted by Crippen LogP contribution is -2.47. The molecular formula is C14H22N4O. The van der Waals surface area contributed by atoms with Gasteiger partial charge in [-0.05, 0) is 30.9 Å². The molecule has 1 N–H and O–H groups in total. The van der Waals surface area contributed by atoms with Crippen molar-refractivity contribution in [2.24, 2.45) is 5.92 Å². The van der Waals surface area contributed by atoms with Gasteiger partial charge in [0, 0.05) is 32.4 Å². The fraction of sp³-hybridized carbons (Fsp3) is 0.714. The molecule has 5 heteroatoms. The summed E-state index contributed by atoms with van der Waals surface area (Å²) in [6.07, 6.45) is 6.20. The molecule has 1 aromatic heterocycles. The maximum atomic E-state index is 5.81. The standard InChI is InChI=1S/C14H22N4O/c1-3-12(4-1)10-18-7-8-19-13(11-18)9-15-14-5-2-6-16-17-14/h2,5-6,12-13H,1,3-4,7-11H2,(H,15,17). The molecule has 0 amide bonds. The van der Waals surface area contributed by atoms with E-state index in [-0.39, 0.29) is 6.10 Å². The Hall–Kier alpha value is -1.20. The van der Waals surface area contributed by atoms with Crippen molar-refractivity contribution in [2.75, 3.05) is 38.1 Å². The summed E-state index contributed by atoms with van der Waals surface area (Å²) in [4.78, 5) is 2.55. The molecule has 1 aromatic rings. The van der Waals surface area contributed by atoms with Crippen LogP contribution in [-0.4, -0.2) is 54.0 Å². The van der Waals surface area contributed by atoms with Crippen LogP contribution in [0.5, 0.6) is 0 Å². The van der Waals surface area contributed by atoms with Crippen molar-refractivity contribution in [1.29, 1.82) is 0 Å². The maximum absolute atomic E-state index is 5.81. The zero-order valence-electron chi connectivity index (χ0n) is 11.3. The molecule has 1 saturated heterocycles. The average molecular weight is 262 g/mol. The minimum atomic E-state index is 0.260. The van der Waals surface area contributed by atoms with E-state index >= 15 is 0 Å². The fourth-order valence-electron chi connectivity index (χ4n) is 2.72. The molecule has 2 heterocycles. The monoisotopic (exact) mass is 262 g/mol. The van der Waals surface area contributed by atoms with Gasteiger partial charge in [0.15, 0.2) is 0 Å². The Balaban J connectivity index is 1.43. The molecule has 5 nitrogen and oxygen atoms in total. The van der Waals surface area contributed by atoms with Crippen LogP contribution in [0.15, 0.2) is 18.3 Å². The number of rotatable bonds is 5. The predicted molar refractivity (Wildman–Crippen MR) is 74.0 cm³/mol. The van der Waals surface area contributed by atoms with Crippen molar-refractivity contribution in [3.63, 3.8) is 0 Å². The van der Waals surface area contributed by atoms with Crippen molar-refractivity contribution in [3.8, 4) is 0 Å². The summed E-state index contributed by atoms with van der Waals surface area (Å²) in [5.74, 6) is 1.76. The minimum Gasteiger partial charge on any atom is -0.374 e. The first-order valence-electron chi connectivity index (χ1n) is 7.26. The van der Waals surface area contributed by atoms with Gasteiger partial charge in [-0.25, -0.2) is 0 Å². The van der Waals surface area contributed by atoms with Crippen LogP contribution in [0.1, 0.15) is 19.3 Å². The molecule has 1 aliphatic heterocycles. The zero-order chi connectivity index (χ0) is 12.9. The van der Waals surface area contributed by atoms with E-state index in [9.17, 15) is 0 Å². The normalized spacial score (nSPS) is 24.9. The number of nitrogens with zero attached hydrogens (tertiary/aromatic N) is 3. The van der Waals surface area contributed by atoms with Crippen molar-refractivity contribution in [3.05, 3.63) is 18.3 Å². The van der Waals surface area contributed by atoms with Crippen LogP contribution in [0.3, 0.4) is 0 Å². The molecule has 2 aliphatic rings. The van der Waals surface area contributed by atoms with Gasteiger partial charge in [0.05, 0.1) is 12.7 Å². The molecule has 0 radical (unpaired) electrons. The van der Waals surface area contributed by atoms with E-state index in [1.54, 1.807) is 6.20 Å². The molecule has 0 aromatic carbocycles. The van der Waals surface area contributed by atoms with Crippen LogP contribution in [-0.2, 0) is 4.74 Å². The van der Waals surface area contributed by atoms with E-state index in [1.165, 1.54) is 25.8 Å². The third-order valence-electron chi connectivity index (χ3n) is 4.05. The highest BCUT2D eigenvalue weighted by Crippen LogP contribution is 2.27. The summed E-state index contributed by atoms with van der Waals surface area (Å²) >= 11 is 0. The van der Waals surface area contributed by atoms with Gasteiger partial charge in [0.25, 0.3) is 0 Å². The van der Waals surface area contributed by atoms with Gasteiger partial charge in [-0.15, -0.1) is 5.10 Å². The van der Waals surface area contributed by atoms with Gasteiger partial charge in [-0.2, -0.15) is 5.10 Å². The highest BCUT2D eigenvalue weighted by Gasteiger charge is 2.25. The molecule has 104 valence electrons. The quantitative estimate of drug-likeness (QED) is 0.869. The first kappa shape index (κ1) is 12.8. The molecule has 1 unspecified atom stereocenters. The van der Waals surface area contributed by atoms with Gasteiger partial charge in [0.1, 0.15) is 5.82 Å². The topological polar surface area (TPSA) is 50.3 Å². The van der Waals surface area contributed by atoms with E-state index < -0.39 is 0 Å². The number of anilines is 1. The van der Waals surface area contributed by atoms with Crippen molar-refractivity contribution in [1.82, 2.24) is 15.1 Å². The third kappa shape index (κ3) is 3.64. The Morgan fingerprint density at radius 2 is 2.37 bits per heavy atom. The first-order chi connectivity index (χ1) is 9.40. The van der Waals surface area contributed by atoms with Gasteiger partial charge in [-0.3, -0.25) is 4.90 Å². The van der Waals surface area contributed by atoms with Gasteiger partial charge >= 0.3 is 0 Å². The number of ether oxygens (including phenoxy) is 1. The second kappa shape index (κ2) is 6.30. The SMILES string of the molecule is c1cnnc(NCC2CN(CC3CCC3)CCO2)c1. The lowest BCUT2D eigenvalue weighted by molar-refractivity contribution is -0.0296. The molecule has 3 rings (SSSR count). The van der Waals surface area contributed by atoms with Crippen LogP contribution < -0.4 is 5.32 Å². The van der Waals surface area contributed by atoms with Crippen molar-refractivity contribution in [2.45, 2.75) is 25.4 Å². The highest BCUT2D eigenvalue weighted by molar-refractivity contribution is 5.31. The Labute approximate surface area is 114 Å². The van der Waals surface area contributed by atoms with Crippen LogP contribution >= 0.6 is 0 Å². The van der Waals surface area contributed by atoms with Crippen molar-refractivity contribution >= 4 is 5.82 Å². The molecular weight excluding hydrogens is 240 g/mol. The number of nitrogens with one attached hydrogen (secondary N) is 1. The fourth-order valence-corrected chi connectivity index (χ4v) is 2.72. The summed E-state index contributed by atoms with van der Waals surface area (Å²) in [5.41, 5.74) is 0. The minimum absolute atomic E-state index is 0.260. The molecule has 0 spiro atoms. The van der Waals surface area contributed by atoms with E-state index in [4.69, 9.17) is 4.74 Å². The Morgan fingerprint density at radius 3 is 3.11 bits per heavy atom. The molecule has 1 aliphatic carbocycles. The number of morpholine rings is 1. The number of hydrogen-bond acceptors (Lipinski definition) is 5. The summed E-state index contributed by atoms with van der Waals surface area (Å²) in [5, 5.41) is 11.2. The lowest BCUT2D eigenvalue weighted by Gasteiger charge is -2.37. The molecule has 2 fully saturated rings. The first-order valence-corrected chi connectivity index (χ1v) is 7.26. The van der Waals surface area contributed by atoms with Crippen LogP contribution in [0, 0.1) is 5.92 Å². The summed E-state index contributed by atoms with van der Waals surface area (Å²) in [6, 6.07) is 3.82. The maximum Gasteiger partial charge on any atom is 0.148 e. The van der Waals surface area contributed by atoms with Crippen LogP contribution in [0.2, 0.25) is 0 Å². The number of hydrogen-bond donors (Lipinski definition) is 1. The molecule has 19 heavy (non-hydrogen) atoms. The third-order valence-corrected chi connectivity index (χ3v) is 4.05. The Bertz CT molecular complexity index is 382. The summed E-state index contributed by atoms with van der Waals surface area (Å²) in [7, 11) is 0. The highest BCUT2D eigenvalue weighted by atomic mass is 16.5. The van der Waals surface area contributed by atoms with Crippen LogP contribution in [0.4, 0.5) is 5.82 Å². The Kier molecular flexibility index (Phi) is 4.25. The smallest absolute Gasteiger partial charge is 0.148 e. The zero-order valence-corrected chi connectivity index (χ0v) is 11.3. The van der Waals surface area contributed by atoms with E-state index in [0.717, 1.165) is 38.0 Å². The Morgan fingerprint density at radius 1 is 1.42 bits per heavy atom. The van der Waals surface area contributed by atoms with Crippen LogP contribution in [0.25, 0.3) is 0 Å². The van der Waals surface area contributed by atoms with Gasteiger partial charge < -0.3 is 10.1 Å². The second-order valence-corrected chi connectivity index (χ2v) is 5.54. The van der Waals surface area contributed by atoms with Gasteiger partial charge in [0.2, 0.25) is 0 Å². The van der Waals surface area contributed by atoms with E-state index in [1.807, 2.05) is 12.1 Å². The average Bonchev–Trinajstić information content (AvgIpc) is 2.42. The predicted octanol–water partition coefficient (Wildman–Crippen LogP) is 1.39. The molecule has 1 atom stereocenters. The summed E-state index contributed by atoms with van der Waals surface area (Å²) in [6.45, 7) is 5.02. The van der Waals surface area contributed by atoms with Crippen molar-refractivity contribution < 1.29 is 4.74 Å². The van der Waals surface area contributed by atoms with E-state index in [0.29, 0.717) is 0 Å².